The van der Waals surface area contributed by atoms with Gasteiger partial charge in [-0.3, -0.25) is 19.2 Å². The quantitative estimate of drug-likeness (QED) is 0.0372. The molecule has 6 atom stereocenters. The molecule has 6 unspecified atom stereocenters. The largest absolute Gasteiger partial charge is 0.465 e. The van der Waals surface area contributed by atoms with Gasteiger partial charge in [0.15, 0.2) is 8.68 Å². The van der Waals surface area contributed by atoms with Crippen molar-refractivity contribution in [3.05, 3.63) is 0 Å². The Morgan fingerprint density at radius 1 is 0.491 bits per heavy atom. The molecule has 0 fully saturated rings. The molecule has 1 aromatic heterocycles. The molecule has 1 aromatic rings. The summed E-state index contributed by atoms with van der Waals surface area (Å²) < 4.78 is 23.8. The molecule has 0 spiro atoms. The van der Waals surface area contributed by atoms with Gasteiger partial charge in [-0.2, -0.15) is 0 Å². The smallest absolute Gasteiger partial charge is 0.320 e. The molecule has 13 heteroatoms. The van der Waals surface area contributed by atoms with Gasteiger partial charge >= 0.3 is 23.9 Å². The van der Waals surface area contributed by atoms with Gasteiger partial charge in [0, 0.05) is 0 Å². The second-order valence-electron chi connectivity index (χ2n) is 14.7. The molecule has 0 saturated heterocycles. The maximum Gasteiger partial charge on any atom is 0.320 e. The van der Waals surface area contributed by atoms with Crippen molar-refractivity contribution in [3.63, 3.8) is 0 Å². The Morgan fingerprint density at radius 3 is 1.05 bits per heavy atom. The van der Waals surface area contributed by atoms with Crippen molar-refractivity contribution in [1.29, 1.82) is 0 Å². The molecule has 0 radical (unpaired) electrons. The Bertz CT molecular complexity index is 1100. The first-order chi connectivity index (χ1) is 26.6. The highest BCUT2D eigenvalue weighted by molar-refractivity contribution is 8.04. The van der Waals surface area contributed by atoms with Crippen LogP contribution in [-0.4, -0.2) is 71.0 Å². The van der Waals surface area contributed by atoms with Crippen LogP contribution in [0.5, 0.6) is 0 Å². The van der Waals surface area contributed by atoms with Crippen molar-refractivity contribution in [2.45, 2.75) is 190 Å². The predicted octanol–water partition coefficient (Wildman–Crippen LogP) is 11.3. The van der Waals surface area contributed by atoms with Gasteiger partial charge in [-0.15, -0.1) is 10.2 Å². The van der Waals surface area contributed by atoms with E-state index >= 15 is 0 Å². The second kappa shape index (κ2) is 32.1. The Morgan fingerprint density at radius 2 is 0.782 bits per heavy atom. The molecule has 0 aliphatic rings. The lowest BCUT2D eigenvalue weighted by atomic mass is 10.0. The van der Waals surface area contributed by atoms with Gasteiger partial charge in [0.2, 0.25) is 0 Å². The van der Waals surface area contributed by atoms with Crippen LogP contribution in [0.4, 0.5) is 0 Å². The SMILES string of the molecule is CCCCC(CC)COC(=O)CC(Sc1nnc(SC(CC(=O)OCC(CC)CCCC)C(=O)OCC(CC)CCCC)s1)C(=O)OCC(CC)CCCC. The Hall–Kier alpha value is -1.86. The van der Waals surface area contributed by atoms with Gasteiger partial charge in [0.25, 0.3) is 0 Å². The summed E-state index contributed by atoms with van der Waals surface area (Å²) in [6.07, 6.45) is 15.8. The maximum atomic E-state index is 13.5. The summed E-state index contributed by atoms with van der Waals surface area (Å²) in [4.78, 5) is 53.2. The van der Waals surface area contributed by atoms with Gasteiger partial charge < -0.3 is 18.9 Å². The Kier molecular flexibility index (Phi) is 29.9. The lowest BCUT2D eigenvalue weighted by molar-refractivity contribution is -0.151. The van der Waals surface area contributed by atoms with Crippen molar-refractivity contribution in [3.8, 4) is 0 Å². The number of esters is 4. The molecule has 0 N–H and O–H groups in total. The zero-order valence-electron chi connectivity index (χ0n) is 35.4. The van der Waals surface area contributed by atoms with Crippen LogP contribution in [0.3, 0.4) is 0 Å². The van der Waals surface area contributed by atoms with Crippen molar-refractivity contribution < 1.29 is 38.1 Å². The van der Waals surface area contributed by atoms with Crippen LogP contribution in [0, 0.1) is 23.7 Å². The molecule has 0 aliphatic carbocycles. The van der Waals surface area contributed by atoms with Gasteiger partial charge in [-0.05, 0) is 49.4 Å². The molecule has 0 bridgehead atoms. The van der Waals surface area contributed by atoms with Gasteiger partial charge in [-0.1, -0.05) is 167 Å². The molecule has 0 saturated carbocycles. The normalized spacial score (nSPS) is 14.7. The first kappa shape index (κ1) is 51.2. The molecule has 318 valence electrons. The maximum absolute atomic E-state index is 13.5. The van der Waals surface area contributed by atoms with Crippen molar-refractivity contribution in [2.75, 3.05) is 26.4 Å². The minimum atomic E-state index is -0.873. The molecule has 1 rings (SSSR count). The monoisotopic (exact) mass is 830 g/mol. The lowest BCUT2D eigenvalue weighted by Crippen LogP contribution is -2.27. The van der Waals surface area contributed by atoms with E-state index in [1.165, 1.54) is 11.3 Å². The number of carbonyl (C=O) groups excluding carboxylic acids is 4. The van der Waals surface area contributed by atoms with Gasteiger partial charge in [0.1, 0.15) is 10.5 Å². The first-order valence-corrected chi connectivity index (χ1v) is 24.0. The molecular weight excluding hydrogens is 757 g/mol. The van der Waals surface area contributed by atoms with E-state index < -0.39 is 34.4 Å². The van der Waals surface area contributed by atoms with Gasteiger partial charge in [-0.25, -0.2) is 0 Å². The highest BCUT2D eigenvalue weighted by Gasteiger charge is 2.31. The summed E-state index contributed by atoms with van der Waals surface area (Å²) in [5.41, 5.74) is 0. The van der Waals surface area contributed by atoms with E-state index in [9.17, 15) is 19.2 Å². The third-order valence-corrected chi connectivity index (χ3v) is 13.6. The van der Waals surface area contributed by atoms with Crippen molar-refractivity contribution in [1.82, 2.24) is 10.2 Å². The standard InChI is InChI=1S/C42H74N2O8S3/c1-9-17-21-31(13-5)27-49-37(45)25-35(39(47)51-29-33(15-7)23-19-11-3)53-41-43-44-42(55-41)54-36(40(48)52-30-34(16-8)24-20-12-4)26-38(46)50-28-32(14-6)22-18-10-2/h31-36H,9-30H2,1-8H3. The van der Waals surface area contributed by atoms with Crippen molar-refractivity contribution in [2.24, 2.45) is 23.7 Å². The highest BCUT2D eigenvalue weighted by Crippen LogP contribution is 2.36. The summed E-state index contributed by atoms with van der Waals surface area (Å²) in [6, 6.07) is 0. The molecular formula is C42H74N2O8S3. The topological polar surface area (TPSA) is 131 Å². The van der Waals surface area contributed by atoms with E-state index in [4.69, 9.17) is 18.9 Å². The van der Waals surface area contributed by atoms with Crippen LogP contribution in [0.1, 0.15) is 171 Å². The second-order valence-corrected chi connectivity index (χ2v) is 18.6. The van der Waals surface area contributed by atoms with E-state index in [1.54, 1.807) is 0 Å². The summed E-state index contributed by atoms with van der Waals surface area (Å²) in [7, 11) is 0. The van der Waals surface area contributed by atoms with Crippen LogP contribution < -0.4 is 0 Å². The van der Waals surface area contributed by atoms with Crippen LogP contribution in [0.25, 0.3) is 0 Å². The number of rotatable bonds is 34. The fourth-order valence-electron chi connectivity index (χ4n) is 5.90. The fraction of sp³-hybridized carbons (Fsp3) is 0.857. The fourth-order valence-corrected chi connectivity index (χ4v) is 9.36. The molecule has 0 aliphatic heterocycles. The number of aromatic nitrogens is 2. The van der Waals surface area contributed by atoms with E-state index in [1.807, 2.05) is 0 Å². The number of carbonyl (C=O) groups is 4. The van der Waals surface area contributed by atoms with Crippen LogP contribution in [0.15, 0.2) is 8.68 Å². The number of nitrogens with zero attached hydrogens (tertiary/aromatic N) is 2. The number of ether oxygens (including phenoxy) is 4. The van der Waals surface area contributed by atoms with Crippen LogP contribution in [0.2, 0.25) is 0 Å². The third-order valence-electron chi connectivity index (χ3n) is 10.2. The Labute approximate surface area is 345 Å². The Balaban J connectivity index is 3.16. The van der Waals surface area contributed by atoms with Crippen molar-refractivity contribution >= 4 is 58.7 Å². The first-order valence-electron chi connectivity index (χ1n) is 21.4. The molecule has 10 nitrogen and oxygen atoms in total. The van der Waals surface area contributed by atoms with Gasteiger partial charge in [0.05, 0.1) is 39.3 Å². The van der Waals surface area contributed by atoms with Crippen LogP contribution >= 0.6 is 34.9 Å². The summed E-state index contributed by atoms with van der Waals surface area (Å²) >= 11 is 3.44. The minimum absolute atomic E-state index is 0.157. The number of hydrogen-bond donors (Lipinski definition) is 0. The van der Waals surface area contributed by atoms with E-state index in [0.29, 0.717) is 35.1 Å². The zero-order chi connectivity index (χ0) is 40.8. The summed E-state index contributed by atoms with van der Waals surface area (Å²) in [6.45, 7) is 18.2. The van der Waals surface area contributed by atoms with Crippen LogP contribution in [-0.2, 0) is 38.1 Å². The minimum Gasteiger partial charge on any atom is -0.465 e. The number of thioether (sulfide) groups is 2. The number of hydrogen-bond acceptors (Lipinski definition) is 13. The van der Waals surface area contributed by atoms with E-state index in [0.717, 1.165) is 126 Å². The molecule has 0 aromatic carbocycles. The van der Waals surface area contributed by atoms with E-state index in [-0.39, 0.29) is 36.5 Å². The predicted molar refractivity (Wildman–Crippen MR) is 225 cm³/mol. The lowest BCUT2D eigenvalue weighted by Gasteiger charge is -2.19. The third kappa shape index (κ3) is 23.2. The molecule has 55 heavy (non-hydrogen) atoms. The molecule has 0 amide bonds. The average molecular weight is 831 g/mol. The zero-order valence-corrected chi connectivity index (χ0v) is 37.9. The summed E-state index contributed by atoms with van der Waals surface area (Å²) in [5, 5.41) is 6.88. The average Bonchev–Trinajstić information content (AvgIpc) is 3.63. The summed E-state index contributed by atoms with van der Waals surface area (Å²) in [5.74, 6) is -0.807. The number of unbranched alkanes of at least 4 members (excludes halogenated alkanes) is 4. The molecule has 1 heterocycles. The highest BCUT2D eigenvalue weighted by atomic mass is 32.2. The van der Waals surface area contributed by atoms with E-state index in [2.05, 4.69) is 65.6 Å².